The van der Waals surface area contributed by atoms with Crippen molar-refractivity contribution in [3.8, 4) is 11.8 Å². The molecular weight excluding hydrogens is 250 g/mol. The third kappa shape index (κ3) is 2.99. The molecule has 0 saturated carbocycles. The molecule has 3 nitrogen and oxygen atoms in total. The fourth-order valence-corrected chi connectivity index (χ4v) is 1.65. The predicted octanol–water partition coefficient (Wildman–Crippen LogP) is 3.00. The Morgan fingerprint density at radius 3 is 2.68 bits per heavy atom. The number of nitrogen functional groups attached to an aromatic ring is 1. The minimum absolute atomic E-state index is 0.0000926. The van der Waals surface area contributed by atoms with Crippen molar-refractivity contribution in [1.82, 2.24) is 0 Å². The summed E-state index contributed by atoms with van der Waals surface area (Å²) < 4.78 is 31.8. The van der Waals surface area contributed by atoms with E-state index in [0.717, 1.165) is 0 Å². The summed E-state index contributed by atoms with van der Waals surface area (Å²) in [6, 6.07) is 9.81. The maximum absolute atomic E-state index is 13.3. The van der Waals surface area contributed by atoms with Crippen LogP contribution in [0.25, 0.3) is 0 Å². The minimum atomic E-state index is -0.654. The normalized spacial score (nSPS) is 9.95. The number of ether oxygens (including phenoxy) is 1. The van der Waals surface area contributed by atoms with Gasteiger partial charge in [-0.15, -0.1) is 0 Å². The highest BCUT2D eigenvalue weighted by atomic mass is 19.1. The summed E-state index contributed by atoms with van der Waals surface area (Å²) in [5.41, 5.74) is 6.11. The van der Waals surface area contributed by atoms with Gasteiger partial charge >= 0.3 is 0 Å². The molecule has 2 aromatic carbocycles. The molecule has 2 N–H and O–H groups in total. The number of nitrogens with two attached hydrogens (primary N) is 1. The van der Waals surface area contributed by atoms with Crippen LogP contribution in [0.3, 0.4) is 0 Å². The van der Waals surface area contributed by atoms with Crippen molar-refractivity contribution < 1.29 is 13.5 Å². The summed E-state index contributed by atoms with van der Waals surface area (Å²) in [5.74, 6) is -1.01. The number of hydrogen-bond acceptors (Lipinski definition) is 3. The average molecular weight is 260 g/mol. The first-order valence-corrected chi connectivity index (χ1v) is 5.46. The van der Waals surface area contributed by atoms with Crippen molar-refractivity contribution in [3.63, 3.8) is 0 Å². The van der Waals surface area contributed by atoms with Gasteiger partial charge in [-0.2, -0.15) is 5.26 Å². The standard InChI is InChI=1S/C14H10F2N2O/c15-10-4-9(5-11(18)6-10)8-19-14-3-1-2-13(16)12(14)7-17/h1-6H,8,18H2. The largest absolute Gasteiger partial charge is 0.487 e. The van der Waals surface area contributed by atoms with Gasteiger partial charge in [-0.25, -0.2) is 8.78 Å². The van der Waals surface area contributed by atoms with E-state index in [2.05, 4.69) is 0 Å². The third-order valence-electron chi connectivity index (χ3n) is 2.46. The number of hydrogen-bond donors (Lipinski definition) is 1. The topological polar surface area (TPSA) is 59.0 Å². The number of nitriles is 1. The van der Waals surface area contributed by atoms with E-state index in [0.29, 0.717) is 5.56 Å². The Kier molecular flexibility index (Phi) is 3.62. The first-order chi connectivity index (χ1) is 9.10. The molecule has 96 valence electrons. The number of benzene rings is 2. The van der Waals surface area contributed by atoms with E-state index in [1.165, 1.54) is 30.3 Å². The Bertz CT molecular complexity index is 630. The van der Waals surface area contributed by atoms with Crippen LogP contribution in [0.1, 0.15) is 11.1 Å². The van der Waals surface area contributed by atoms with Gasteiger partial charge in [0.05, 0.1) is 0 Å². The first kappa shape index (κ1) is 12.8. The molecule has 0 aliphatic carbocycles. The number of halogens is 2. The van der Waals surface area contributed by atoms with Gasteiger partial charge in [-0.1, -0.05) is 6.07 Å². The molecule has 0 saturated heterocycles. The van der Waals surface area contributed by atoms with Gasteiger partial charge in [0, 0.05) is 5.69 Å². The van der Waals surface area contributed by atoms with Gasteiger partial charge in [-0.3, -0.25) is 0 Å². The Balaban J connectivity index is 2.19. The van der Waals surface area contributed by atoms with Gasteiger partial charge in [0.25, 0.3) is 0 Å². The molecule has 0 fully saturated rings. The molecule has 5 heteroatoms. The quantitative estimate of drug-likeness (QED) is 0.863. The van der Waals surface area contributed by atoms with Crippen LogP contribution in [0.15, 0.2) is 36.4 Å². The second-order valence-electron chi connectivity index (χ2n) is 3.91. The van der Waals surface area contributed by atoms with E-state index in [1.807, 2.05) is 0 Å². The molecule has 0 atom stereocenters. The summed E-state index contributed by atoms with van der Waals surface area (Å²) >= 11 is 0. The van der Waals surface area contributed by atoms with Gasteiger partial charge in [0.15, 0.2) is 0 Å². The van der Waals surface area contributed by atoms with Crippen LogP contribution in [0.4, 0.5) is 14.5 Å². The molecule has 0 spiro atoms. The van der Waals surface area contributed by atoms with Crippen LogP contribution in [0, 0.1) is 23.0 Å². The lowest BCUT2D eigenvalue weighted by Crippen LogP contribution is -2.00. The molecule has 2 aromatic rings. The van der Waals surface area contributed by atoms with Crippen molar-refractivity contribution in [2.75, 3.05) is 5.73 Å². The SMILES string of the molecule is N#Cc1c(F)cccc1OCc1cc(N)cc(F)c1. The molecule has 0 amide bonds. The lowest BCUT2D eigenvalue weighted by atomic mass is 10.2. The van der Waals surface area contributed by atoms with Crippen LogP contribution in [0.2, 0.25) is 0 Å². The third-order valence-corrected chi connectivity index (χ3v) is 2.46. The second kappa shape index (κ2) is 5.36. The van der Waals surface area contributed by atoms with Crippen LogP contribution in [-0.4, -0.2) is 0 Å². The molecule has 2 rings (SSSR count). The predicted molar refractivity (Wildman–Crippen MR) is 66.3 cm³/mol. The van der Waals surface area contributed by atoms with Crippen molar-refractivity contribution in [3.05, 3.63) is 59.2 Å². The summed E-state index contributed by atoms with van der Waals surface area (Å²) in [6.45, 7) is 0.0000926. The van der Waals surface area contributed by atoms with Gasteiger partial charge in [0.2, 0.25) is 0 Å². The van der Waals surface area contributed by atoms with Crippen LogP contribution >= 0.6 is 0 Å². The summed E-state index contributed by atoms with van der Waals surface area (Å²) in [4.78, 5) is 0. The second-order valence-corrected chi connectivity index (χ2v) is 3.91. The van der Waals surface area contributed by atoms with E-state index < -0.39 is 11.6 Å². The molecule has 0 heterocycles. The molecule has 0 bridgehead atoms. The molecule has 0 aliphatic heterocycles. The molecule has 0 aliphatic rings. The lowest BCUT2D eigenvalue weighted by Gasteiger charge is -2.09. The fraction of sp³-hybridized carbons (Fsp3) is 0.0714. The number of rotatable bonds is 3. The van der Waals surface area contributed by atoms with E-state index in [1.54, 1.807) is 12.1 Å². The zero-order valence-corrected chi connectivity index (χ0v) is 9.86. The highest BCUT2D eigenvalue weighted by molar-refractivity contribution is 5.44. The first-order valence-electron chi connectivity index (χ1n) is 5.46. The zero-order valence-electron chi connectivity index (χ0n) is 9.86. The Hall–Kier alpha value is -2.61. The molecule has 0 aromatic heterocycles. The van der Waals surface area contributed by atoms with Gasteiger partial charge < -0.3 is 10.5 Å². The average Bonchev–Trinajstić information content (AvgIpc) is 2.35. The Morgan fingerprint density at radius 2 is 2.00 bits per heavy atom. The highest BCUT2D eigenvalue weighted by Gasteiger charge is 2.09. The van der Waals surface area contributed by atoms with Crippen molar-refractivity contribution in [1.29, 1.82) is 5.26 Å². The van der Waals surface area contributed by atoms with E-state index in [9.17, 15) is 8.78 Å². The van der Waals surface area contributed by atoms with Crippen LogP contribution in [0.5, 0.6) is 5.75 Å². The number of nitrogens with zero attached hydrogens (tertiary/aromatic N) is 1. The molecular formula is C14H10F2N2O. The smallest absolute Gasteiger partial charge is 0.144 e. The highest BCUT2D eigenvalue weighted by Crippen LogP contribution is 2.22. The minimum Gasteiger partial charge on any atom is -0.487 e. The van der Waals surface area contributed by atoms with E-state index >= 15 is 0 Å². The van der Waals surface area contributed by atoms with Crippen molar-refractivity contribution in [2.45, 2.75) is 6.61 Å². The maximum atomic E-state index is 13.3. The van der Waals surface area contributed by atoms with E-state index in [-0.39, 0.29) is 23.6 Å². The Labute approximate surface area is 108 Å². The van der Waals surface area contributed by atoms with Crippen molar-refractivity contribution >= 4 is 5.69 Å². The maximum Gasteiger partial charge on any atom is 0.144 e. The van der Waals surface area contributed by atoms with E-state index in [4.69, 9.17) is 15.7 Å². The lowest BCUT2D eigenvalue weighted by molar-refractivity contribution is 0.303. The summed E-state index contributed by atoms with van der Waals surface area (Å²) in [6.07, 6.45) is 0. The van der Waals surface area contributed by atoms with Gasteiger partial charge in [-0.05, 0) is 35.9 Å². The summed E-state index contributed by atoms with van der Waals surface area (Å²) in [5, 5.41) is 8.83. The molecule has 0 radical (unpaired) electrons. The molecule has 19 heavy (non-hydrogen) atoms. The number of anilines is 1. The van der Waals surface area contributed by atoms with Crippen LogP contribution in [-0.2, 0) is 6.61 Å². The van der Waals surface area contributed by atoms with Crippen molar-refractivity contribution in [2.24, 2.45) is 0 Å². The molecule has 0 unspecified atom stereocenters. The Morgan fingerprint density at radius 1 is 1.21 bits per heavy atom. The fourth-order valence-electron chi connectivity index (χ4n) is 1.65. The summed E-state index contributed by atoms with van der Waals surface area (Å²) in [7, 11) is 0. The monoisotopic (exact) mass is 260 g/mol. The zero-order chi connectivity index (χ0) is 13.8. The van der Waals surface area contributed by atoms with Crippen LogP contribution < -0.4 is 10.5 Å². The van der Waals surface area contributed by atoms with Gasteiger partial charge in [0.1, 0.15) is 35.6 Å².